The first-order valence-corrected chi connectivity index (χ1v) is 42.2. The molecule has 1 aliphatic rings. The first kappa shape index (κ1) is 99.8. The van der Waals surface area contributed by atoms with Crippen LogP contribution in [0.15, 0.2) is 101 Å². The summed E-state index contributed by atoms with van der Waals surface area (Å²) in [5, 5.41) is 34.8. The molecule has 0 radical (unpaired) electrons. The molecule has 648 valence electrons. The lowest BCUT2D eigenvalue weighted by Gasteiger charge is -2.30. The Labute approximate surface area is 697 Å². The van der Waals surface area contributed by atoms with Gasteiger partial charge in [0.15, 0.2) is 40.8 Å². The van der Waals surface area contributed by atoms with Crippen molar-refractivity contribution >= 4 is 117 Å². The highest BCUT2D eigenvalue weighted by atomic mass is 32.2. The number of nitrogens with one attached hydrogen (secondary N) is 7. The molecule has 0 aromatic heterocycles. The van der Waals surface area contributed by atoms with Crippen LogP contribution in [0.4, 0.5) is 0 Å². The van der Waals surface area contributed by atoms with Gasteiger partial charge < -0.3 is 71.4 Å². The number of carbonyl (C=O) groups is 15. The van der Waals surface area contributed by atoms with Crippen molar-refractivity contribution in [2.45, 2.75) is 233 Å². The van der Waals surface area contributed by atoms with Gasteiger partial charge in [0, 0.05) is 112 Å². The Kier molecular flexibility index (Phi) is 44.3. The van der Waals surface area contributed by atoms with E-state index in [-0.39, 0.29) is 114 Å². The Morgan fingerprint density at radius 2 is 0.890 bits per heavy atom. The topological polar surface area (TPSA) is 553 Å². The number of unbranched alkanes of at least 4 members (excludes halogenated alkanes) is 1. The number of aliphatic carboxylic acids is 1. The molecule has 32 heteroatoms. The fourth-order valence-electron chi connectivity index (χ4n) is 14.3. The maximum absolute atomic E-state index is 15.2. The molecule has 1 heterocycles. The van der Waals surface area contributed by atoms with Gasteiger partial charge in [-0.2, -0.15) is 0 Å². The number of amidine groups is 1. The predicted molar refractivity (Wildman–Crippen MR) is 453 cm³/mol. The molecule has 20 N–H and O–H groups in total. The monoisotopic (exact) mass is 1660 g/mol. The van der Waals surface area contributed by atoms with Crippen LogP contribution in [-0.4, -0.2) is 172 Å². The molecule has 14 atom stereocenters. The number of nitrogens with two attached hydrogens (primary N) is 6. The van der Waals surface area contributed by atoms with E-state index in [0.717, 1.165) is 11.8 Å². The Bertz CT molecular complexity index is 3930. The van der Waals surface area contributed by atoms with Crippen molar-refractivity contribution in [3.63, 3.8) is 0 Å². The van der Waals surface area contributed by atoms with Crippen molar-refractivity contribution in [1.82, 2.24) is 31.9 Å². The van der Waals surface area contributed by atoms with Crippen LogP contribution in [0.3, 0.4) is 0 Å². The number of amides is 7. The number of thioether (sulfide) groups is 1. The van der Waals surface area contributed by atoms with Crippen LogP contribution in [-0.2, 0) is 91.2 Å². The van der Waals surface area contributed by atoms with Crippen molar-refractivity contribution in [3.05, 3.63) is 108 Å². The van der Waals surface area contributed by atoms with E-state index >= 15 is 33.6 Å². The average Bonchev–Trinajstić information content (AvgIpc) is 0.839. The molecule has 3 aromatic carbocycles. The molecule has 0 saturated carbocycles. The number of guanidine groups is 2. The van der Waals surface area contributed by atoms with E-state index in [4.69, 9.17) is 39.8 Å². The first-order valence-electron chi connectivity index (χ1n) is 41.0. The zero-order valence-electron chi connectivity index (χ0n) is 69.6. The van der Waals surface area contributed by atoms with E-state index in [1.165, 1.54) is 0 Å². The number of hydrogen-bond donors (Lipinski definition) is 14. The number of carbonyl (C=O) groups excluding carboxylic acids is 14. The van der Waals surface area contributed by atoms with Gasteiger partial charge in [0.05, 0.1) is 48.2 Å². The maximum atomic E-state index is 15.2. The molecule has 7 amide bonds. The predicted octanol–water partition coefficient (Wildman–Crippen LogP) is 5.14. The summed E-state index contributed by atoms with van der Waals surface area (Å²) < 4.78 is 0. The number of carboxylic acid groups (broad SMARTS) is 1. The molecule has 0 spiro atoms. The summed E-state index contributed by atoms with van der Waals surface area (Å²) in [5.41, 5.74) is 35.7. The number of rotatable bonds is 31. The summed E-state index contributed by atoms with van der Waals surface area (Å²) in [6.45, 7) is 13.9. The van der Waals surface area contributed by atoms with Crippen molar-refractivity contribution in [3.8, 4) is 0 Å². The first-order chi connectivity index (χ1) is 55.9. The lowest BCUT2D eigenvalue weighted by atomic mass is 9.75. The van der Waals surface area contributed by atoms with Gasteiger partial charge in [-0.05, 0) is 98.1 Å². The van der Waals surface area contributed by atoms with Crippen LogP contribution in [0.25, 0.3) is 0 Å². The number of hydrogen-bond acceptors (Lipinski definition) is 19. The second kappa shape index (κ2) is 52.3. The second-order valence-electron chi connectivity index (χ2n) is 31.8. The summed E-state index contributed by atoms with van der Waals surface area (Å²) in [5.74, 6) is -21.8. The lowest BCUT2D eigenvalue weighted by Crippen LogP contribution is -2.54. The summed E-state index contributed by atoms with van der Waals surface area (Å²) in [6.07, 6.45) is -3.59. The van der Waals surface area contributed by atoms with Crippen LogP contribution in [0.5, 0.6) is 0 Å². The molecule has 3 aromatic rings. The third kappa shape index (κ3) is 36.5. The lowest BCUT2D eigenvalue weighted by molar-refractivity contribution is -0.142. The second-order valence-corrected chi connectivity index (χ2v) is 32.9. The third-order valence-electron chi connectivity index (χ3n) is 21.8. The summed E-state index contributed by atoms with van der Waals surface area (Å²) in [7, 11) is 0. The average molecular weight is 1660 g/mol. The Morgan fingerprint density at radius 1 is 0.449 bits per heavy atom. The molecule has 0 unspecified atom stereocenters. The highest BCUT2D eigenvalue weighted by Gasteiger charge is 2.41. The Balaban J connectivity index is 1.98. The number of benzene rings is 3. The van der Waals surface area contributed by atoms with Gasteiger partial charge in [-0.1, -0.05) is 166 Å². The minimum Gasteiger partial charge on any atom is -0.481 e. The quantitative estimate of drug-likeness (QED) is 0.0225. The smallest absolute Gasteiger partial charge is 0.305 e. The maximum Gasteiger partial charge on any atom is 0.305 e. The molecule has 0 bridgehead atoms. The van der Waals surface area contributed by atoms with Gasteiger partial charge in [0.1, 0.15) is 17.6 Å². The van der Waals surface area contributed by atoms with Crippen molar-refractivity contribution < 1.29 is 77.0 Å². The fraction of sp³-hybridized carbons (Fsp3) is 0.581. The van der Waals surface area contributed by atoms with E-state index < -0.39 is 234 Å². The minimum atomic E-state index is -1.89. The number of aliphatic imine (C=N–C) groups is 2. The Morgan fingerprint density at radius 3 is 1.40 bits per heavy atom. The van der Waals surface area contributed by atoms with Crippen molar-refractivity contribution in [2.24, 2.45) is 104 Å². The van der Waals surface area contributed by atoms with Gasteiger partial charge in [-0.3, -0.25) is 87.3 Å². The number of carboxylic acids is 1. The number of nitrogens with zero attached hydrogens (tertiary/aromatic N) is 2. The van der Waals surface area contributed by atoms with E-state index in [1.807, 2.05) is 13.8 Å². The molecule has 0 aliphatic carbocycles. The molecular formula is C86H127N15O16S. The van der Waals surface area contributed by atoms with E-state index in [0.29, 0.717) is 36.0 Å². The highest BCUT2D eigenvalue weighted by Crippen LogP contribution is 2.32. The zero-order valence-corrected chi connectivity index (χ0v) is 70.4. The summed E-state index contributed by atoms with van der Waals surface area (Å²) in [6, 6.07) is 17.6. The third-order valence-corrected chi connectivity index (χ3v) is 22.8. The molecule has 1 fully saturated rings. The fourth-order valence-corrected chi connectivity index (χ4v) is 15.2. The SMILES string of the molecule is CC[C@H](C)[C@@H]1CC(=O)[C@H](C(C)C)CC(=O)[C@H]([C@@H](C)CC)NC(=O)[C@@H](Cc2ccccc2)CC(=O)[C@H](Cc2ccccc2)NC(=O)CSC[C@@H](C(=O)CCC(N)=O)NC(=O)[C@H](CCCN=C(N)N)CC(=O)[C@H](Cc2ccccc2)NC(=O)[C@H](C(C)C)CC(=O)[C@H](CCCN=C(N)N)NC(=O)[C@H](CC(=O)O)NC(=O)[C@H](CCCCC(=N)N)CC1=O. The van der Waals surface area contributed by atoms with Gasteiger partial charge >= 0.3 is 5.97 Å². The molecule has 31 nitrogen and oxygen atoms in total. The molecule has 1 aliphatic heterocycles. The number of ketones is 7. The highest BCUT2D eigenvalue weighted by molar-refractivity contribution is 8.00. The van der Waals surface area contributed by atoms with Crippen molar-refractivity contribution in [2.75, 3.05) is 24.6 Å². The largest absolute Gasteiger partial charge is 0.481 e. The van der Waals surface area contributed by atoms with Gasteiger partial charge in [-0.25, -0.2) is 0 Å². The van der Waals surface area contributed by atoms with Crippen LogP contribution in [0.2, 0.25) is 0 Å². The Hall–Kier alpha value is -10.5. The van der Waals surface area contributed by atoms with E-state index in [9.17, 15) is 43.5 Å². The van der Waals surface area contributed by atoms with Crippen LogP contribution >= 0.6 is 11.8 Å². The summed E-state index contributed by atoms with van der Waals surface area (Å²) >= 11 is 0.905. The van der Waals surface area contributed by atoms with E-state index in [2.05, 4.69) is 41.9 Å². The molecule has 1 saturated heterocycles. The summed E-state index contributed by atoms with van der Waals surface area (Å²) in [4.78, 5) is 227. The minimum absolute atomic E-state index is 0.00587. The van der Waals surface area contributed by atoms with Gasteiger partial charge in [0.2, 0.25) is 41.4 Å². The normalized spacial score (nSPS) is 23.6. The van der Waals surface area contributed by atoms with Crippen LogP contribution < -0.4 is 66.3 Å². The number of Topliss-reactive ketones (excluding diaryl/α,β-unsaturated/α-hetero) is 7. The van der Waals surface area contributed by atoms with Crippen LogP contribution in [0, 0.1) is 64.6 Å². The van der Waals surface area contributed by atoms with Gasteiger partial charge in [-0.15, -0.1) is 11.8 Å². The molecule has 118 heavy (non-hydrogen) atoms. The molecular weight excluding hydrogens is 1530 g/mol. The van der Waals surface area contributed by atoms with Gasteiger partial charge in [0.25, 0.3) is 0 Å². The molecule has 4 rings (SSSR count). The standard InChI is InChI=1S/C86H127N15O16S/c1-9-52(7)62-46-70(104)60(50(3)4)44-74(108)79(53(8)10-2)101-82(115)59(38-54-24-14-11-15-25-54)43-72(106)64(39-55-26-16-12-17-27-55)96-77(110)49-118-48-67(68(102)34-35-76(89)109)100-81(114)58(31-22-36-94-85(90)91)42-71(105)65(40-56-28-18-13-19-29-56)98-83(116)61(51(5)6)45-73(107)63(32-23-37-95-86(92)93)97-84(117)66(47-78(111)112)99-80(113)57(41-69(62)103)30-20-21-33-75(87)88/h11-19,24-29,50-53,57-67,79H,9-10,20-23,30-49H2,1-8H3,(H3,87,88)(H2,89,109)(H,96,110)(H,97,117)(H,98,116)(H,99,113)(H,100,114)(H,101,115)(H,111,112)(H4,90,91,94)(H4,92,93,95)/t52-,53-,57+,58+,59-,60-,61-,62-,63-,64-,65-,66-,67-,79-/m0/s1. The van der Waals surface area contributed by atoms with Crippen molar-refractivity contribution in [1.29, 1.82) is 5.41 Å². The van der Waals surface area contributed by atoms with E-state index in [1.54, 1.807) is 133 Å². The number of primary amides is 1. The zero-order chi connectivity index (χ0) is 87.7. The van der Waals surface area contributed by atoms with Crippen LogP contribution in [0.1, 0.15) is 194 Å².